The van der Waals surface area contributed by atoms with Crippen LogP contribution in [0.2, 0.25) is 0 Å². The Hall–Kier alpha value is -3.45. The van der Waals surface area contributed by atoms with Crippen LogP contribution >= 0.6 is 0 Å². The van der Waals surface area contributed by atoms with E-state index in [4.69, 9.17) is 14.2 Å². The number of hydrogen-bond acceptors (Lipinski definition) is 7. The van der Waals surface area contributed by atoms with Crippen LogP contribution in [0.4, 0.5) is 0 Å². The maximum atomic E-state index is 13.7. The predicted octanol–water partition coefficient (Wildman–Crippen LogP) is 3.97. The molecule has 0 fully saturated rings. The fraction of sp³-hybridized carbons (Fsp3) is 0.320. The second-order valence-corrected chi connectivity index (χ2v) is 9.14. The van der Waals surface area contributed by atoms with Crippen molar-refractivity contribution in [3.8, 4) is 28.7 Å². The van der Waals surface area contributed by atoms with Gasteiger partial charge >= 0.3 is 0 Å². The van der Waals surface area contributed by atoms with Crippen LogP contribution < -0.4 is 14.2 Å². The lowest BCUT2D eigenvalue weighted by Gasteiger charge is -2.37. The molecule has 2 aromatic rings. The van der Waals surface area contributed by atoms with Crippen LogP contribution in [-0.2, 0) is 12.0 Å². The molecule has 2 aromatic carbocycles. The maximum Gasteiger partial charge on any atom is 0.281 e. The Morgan fingerprint density at radius 2 is 1.91 bits per heavy atom. The number of fused-ring (bicyclic) bond motifs is 5. The molecule has 3 N–H and O–H groups in total. The van der Waals surface area contributed by atoms with Gasteiger partial charge in [-0.05, 0) is 58.4 Å². The zero-order valence-electron chi connectivity index (χ0n) is 18.2. The van der Waals surface area contributed by atoms with E-state index in [2.05, 4.69) is 0 Å². The van der Waals surface area contributed by atoms with E-state index in [1.54, 1.807) is 12.2 Å². The number of ether oxygens (including phenoxy) is 3. The predicted molar refractivity (Wildman–Crippen MR) is 116 cm³/mol. The molecule has 0 saturated carbocycles. The summed E-state index contributed by atoms with van der Waals surface area (Å²) < 4.78 is 18.0. The molecule has 7 heteroatoms. The van der Waals surface area contributed by atoms with Gasteiger partial charge in [-0.2, -0.15) is 0 Å². The van der Waals surface area contributed by atoms with Crippen LogP contribution in [0.5, 0.6) is 28.7 Å². The van der Waals surface area contributed by atoms with Crippen molar-refractivity contribution in [3.05, 3.63) is 58.2 Å². The minimum atomic E-state index is -2.16. The van der Waals surface area contributed by atoms with Crippen molar-refractivity contribution >= 4 is 11.9 Å². The molecule has 32 heavy (non-hydrogen) atoms. The summed E-state index contributed by atoms with van der Waals surface area (Å²) >= 11 is 0. The fourth-order valence-corrected chi connectivity index (χ4v) is 4.34. The molecule has 3 aliphatic rings. The summed E-state index contributed by atoms with van der Waals surface area (Å²) in [5.74, 6) is -0.415. The van der Waals surface area contributed by atoms with Crippen LogP contribution in [0.3, 0.4) is 0 Å². The molecule has 3 heterocycles. The molecular weight excluding hydrogens is 412 g/mol. The Balaban J connectivity index is 1.76. The van der Waals surface area contributed by atoms with E-state index in [1.165, 1.54) is 18.2 Å². The van der Waals surface area contributed by atoms with Crippen molar-refractivity contribution in [2.24, 2.45) is 0 Å². The number of phenolic OH excluding ortho intramolecular Hbond substituents is 2. The number of rotatable bonds is 2. The first-order chi connectivity index (χ1) is 15.0. The Morgan fingerprint density at radius 1 is 1.16 bits per heavy atom. The van der Waals surface area contributed by atoms with E-state index in [-0.39, 0.29) is 34.1 Å². The number of allylic oxidation sites excluding steroid dienone is 2. The van der Waals surface area contributed by atoms with Gasteiger partial charge in [0.25, 0.3) is 6.29 Å². The van der Waals surface area contributed by atoms with E-state index in [0.717, 1.165) is 5.57 Å². The van der Waals surface area contributed by atoms with Gasteiger partial charge in [-0.25, -0.2) is 0 Å². The summed E-state index contributed by atoms with van der Waals surface area (Å²) in [6.07, 6.45) is 4.52. The highest BCUT2D eigenvalue weighted by molar-refractivity contribution is 6.10. The van der Waals surface area contributed by atoms with E-state index in [9.17, 15) is 20.1 Å². The van der Waals surface area contributed by atoms with Crippen LogP contribution in [0.25, 0.3) is 6.08 Å². The molecule has 5 rings (SSSR count). The van der Waals surface area contributed by atoms with Crippen LogP contribution in [0.1, 0.15) is 54.7 Å². The lowest BCUT2D eigenvalue weighted by Crippen LogP contribution is -2.52. The van der Waals surface area contributed by atoms with Gasteiger partial charge in [0.15, 0.2) is 0 Å². The van der Waals surface area contributed by atoms with Gasteiger partial charge in [-0.1, -0.05) is 11.6 Å². The van der Waals surface area contributed by atoms with Gasteiger partial charge in [0.2, 0.25) is 11.4 Å². The minimum absolute atomic E-state index is 0.0701. The third-order valence-electron chi connectivity index (χ3n) is 5.99. The molecule has 0 aromatic heterocycles. The molecule has 0 aliphatic carbocycles. The molecule has 0 radical (unpaired) electrons. The van der Waals surface area contributed by atoms with Crippen molar-refractivity contribution in [3.63, 3.8) is 0 Å². The zero-order chi connectivity index (χ0) is 23.0. The number of phenols is 2. The number of aromatic hydroxyl groups is 2. The SMILES string of the molecule is CC(C)=CCc1c2c(c(O)c3c1O[C@H]1Oc4cc(O)ccc4[C@]1(O)C3=O)C=CC(C)(C)O2. The van der Waals surface area contributed by atoms with E-state index in [0.29, 0.717) is 23.3 Å². The molecule has 0 spiro atoms. The third kappa shape index (κ3) is 2.74. The number of aliphatic hydroxyl groups is 1. The summed E-state index contributed by atoms with van der Waals surface area (Å²) in [7, 11) is 0. The normalized spacial score (nSPS) is 23.7. The monoisotopic (exact) mass is 436 g/mol. The van der Waals surface area contributed by atoms with Gasteiger partial charge in [-0.15, -0.1) is 0 Å². The Labute approximate surface area is 185 Å². The largest absolute Gasteiger partial charge is 0.508 e. The summed E-state index contributed by atoms with van der Waals surface area (Å²) in [6.45, 7) is 7.69. The maximum absolute atomic E-state index is 13.7. The highest BCUT2D eigenvalue weighted by Crippen LogP contribution is 2.55. The Morgan fingerprint density at radius 3 is 2.62 bits per heavy atom. The van der Waals surface area contributed by atoms with Crippen molar-refractivity contribution < 1.29 is 34.3 Å². The highest BCUT2D eigenvalue weighted by atomic mass is 16.7. The van der Waals surface area contributed by atoms with Crippen molar-refractivity contribution in [1.29, 1.82) is 0 Å². The fourth-order valence-electron chi connectivity index (χ4n) is 4.34. The molecule has 3 aliphatic heterocycles. The zero-order valence-corrected chi connectivity index (χ0v) is 18.2. The Bertz CT molecular complexity index is 1230. The smallest absolute Gasteiger partial charge is 0.281 e. The summed E-state index contributed by atoms with van der Waals surface area (Å²) in [4.78, 5) is 13.7. The highest BCUT2D eigenvalue weighted by Gasteiger charge is 2.60. The number of benzene rings is 2. The summed E-state index contributed by atoms with van der Waals surface area (Å²) in [5.41, 5.74) is -0.708. The van der Waals surface area contributed by atoms with Crippen LogP contribution in [0, 0.1) is 0 Å². The van der Waals surface area contributed by atoms with Gasteiger partial charge in [-0.3, -0.25) is 4.79 Å². The molecule has 0 amide bonds. The number of hydrogen-bond donors (Lipinski definition) is 3. The van der Waals surface area contributed by atoms with Crippen molar-refractivity contribution in [1.82, 2.24) is 0 Å². The number of ketones is 1. The average Bonchev–Trinajstić information content (AvgIpc) is 2.99. The number of carbonyl (C=O) groups is 1. The molecule has 166 valence electrons. The topological polar surface area (TPSA) is 105 Å². The lowest BCUT2D eigenvalue weighted by atomic mass is 9.81. The lowest BCUT2D eigenvalue weighted by molar-refractivity contribution is -0.119. The number of Topliss-reactive ketones (excluding diaryl/α,β-unsaturated/α-hetero) is 1. The molecule has 0 bridgehead atoms. The molecule has 0 unspecified atom stereocenters. The standard InChI is InChI=1S/C25H24O7/c1-12(2)5-7-15-20-14(9-10-24(3,4)32-20)19(27)18-21(15)31-23-25(29,22(18)28)16-8-6-13(26)11-17(16)30-23/h5-6,8-11,23,26-27,29H,7H2,1-4H3/t23-,25+/m1/s1. The first-order valence-electron chi connectivity index (χ1n) is 10.4. The third-order valence-corrected chi connectivity index (χ3v) is 5.99. The number of carbonyl (C=O) groups excluding carboxylic acids is 1. The molecule has 0 saturated heterocycles. The average molecular weight is 436 g/mol. The second kappa shape index (κ2) is 6.53. The van der Waals surface area contributed by atoms with Crippen LogP contribution in [-0.4, -0.2) is 33.0 Å². The van der Waals surface area contributed by atoms with E-state index < -0.39 is 23.3 Å². The molecule has 2 atom stereocenters. The van der Waals surface area contributed by atoms with Gasteiger partial charge in [0.1, 0.15) is 39.9 Å². The minimum Gasteiger partial charge on any atom is -0.508 e. The Kier molecular flexibility index (Phi) is 4.17. The first kappa shape index (κ1) is 20.5. The van der Waals surface area contributed by atoms with Crippen molar-refractivity contribution in [2.75, 3.05) is 0 Å². The summed E-state index contributed by atoms with van der Waals surface area (Å²) in [6, 6.07) is 4.09. The van der Waals surface area contributed by atoms with Gasteiger partial charge in [0.05, 0.1) is 5.56 Å². The van der Waals surface area contributed by atoms with E-state index >= 15 is 0 Å². The van der Waals surface area contributed by atoms with Gasteiger partial charge < -0.3 is 29.5 Å². The van der Waals surface area contributed by atoms with E-state index in [1.807, 2.05) is 33.8 Å². The first-order valence-corrected chi connectivity index (χ1v) is 10.4. The quantitative estimate of drug-likeness (QED) is 0.612. The molecular formula is C25H24O7. The molecule has 7 nitrogen and oxygen atoms in total. The van der Waals surface area contributed by atoms with Crippen molar-refractivity contribution in [2.45, 2.75) is 51.6 Å². The van der Waals surface area contributed by atoms with Gasteiger partial charge in [0, 0.05) is 17.2 Å². The second-order valence-electron chi connectivity index (χ2n) is 9.14. The summed E-state index contributed by atoms with van der Waals surface area (Å²) in [5, 5.41) is 32.3. The van der Waals surface area contributed by atoms with Crippen LogP contribution in [0.15, 0.2) is 35.9 Å².